The number of sulfonamides is 1. The van der Waals surface area contributed by atoms with Gasteiger partial charge in [-0.05, 0) is 37.8 Å². The lowest BCUT2D eigenvalue weighted by atomic mass is 9.84. The van der Waals surface area contributed by atoms with Gasteiger partial charge in [-0.2, -0.15) is 0 Å². The Hall–Kier alpha value is -1.14. The summed E-state index contributed by atoms with van der Waals surface area (Å²) in [6.45, 7) is 2.18. The summed E-state index contributed by atoms with van der Waals surface area (Å²) in [4.78, 5) is 4.47. The van der Waals surface area contributed by atoms with E-state index in [0.717, 1.165) is 5.82 Å². The number of pyridine rings is 1. The molecule has 1 aliphatic rings. The number of hydrogen-bond acceptors (Lipinski definition) is 4. The number of aromatic nitrogens is 1. The zero-order valence-corrected chi connectivity index (χ0v) is 13.9. The van der Waals surface area contributed by atoms with Crippen molar-refractivity contribution >= 4 is 15.8 Å². The first kappa shape index (κ1) is 16.2. The van der Waals surface area contributed by atoms with Gasteiger partial charge in [-0.3, -0.25) is 0 Å². The highest BCUT2D eigenvalue weighted by atomic mass is 32.2. The molecule has 0 saturated heterocycles. The van der Waals surface area contributed by atoms with E-state index in [4.69, 9.17) is 0 Å². The molecule has 118 valence electrons. The Bertz CT molecular complexity index is 549. The van der Waals surface area contributed by atoms with Crippen LogP contribution in [0.3, 0.4) is 0 Å². The number of rotatable bonds is 5. The molecule has 1 unspecified atom stereocenters. The normalized spacial score (nSPS) is 18.7. The molecule has 1 N–H and O–H groups in total. The van der Waals surface area contributed by atoms with Gasteiger partial charge in [0.25, 0.3) is 0 Å². The first-order chi connectivity index (χ1) is 9.91. The van der Waals surface area contributed by atoms with Crippen LogP contribution >= 0.6 is 0 Å². The molecule has 6 heteroatoms. The number of nitrogens with zero attached hydrogens (tertiary/aromatic N) is 2. The molecule has 0 spiro atoms. The van der Waals surface area contributed by atoms with Gasteiger partial charge in [0.1, 0.15) is 10.7 Å². The fraction of sp³-hybridized carbons (Fsp3) is 0.667. The predicted molar refractivity (Wildman–Crippen MR) is 84.8 cm³/mol. The molecule has 1 aromatic rings. The van der Waals surface area contributed by atoms with Crippen molar-refractivity contribution in [2.45, 2.75) is 50.0 Å². The van der Waals surface area contributed by atoms with E-state index in [1.54, 1.807) is 12.1 Å². The van der Waals surface area contributed by atoms with Crippen molar-refractivity contribution in [2.75, 3.05) is 19.4 Å². The van der Waals surface area contributed by atoms with Crippen LogP contribution in [-0.4, -0.2) is 37.8 Å². The van der Waals surface area contributed by atoms with Crippen molar-refractivity contribution in [3.05, 3.63) is 18.3 Å². The van der Waals surface area contributed by atoms with Crippen LogP contribution in [0.4, 0.5) is 5.82 Å². The molecule has 5 nitrogen and oxygen atoms in total. The van der Waals surface area contributed by atoms with Crippen LogP contribution < -0.4 is 5.32 Å². The highest BCUT2D eigenvalue weighted by Gasteiger charge is 2.21. The summed E-state index contributed by atoms with van der Waals surface area (Å²) in [7, 11) is -0.359. The van der Waals surface area contributed by atoms with E-state index in [1.165, 1.54) is 56.7 Å². The third kappa shape index (κ3) is 3.95. The van der Waals surface area contributed by atoms with Gasteiger partial charge in [0.15, 0.2) is 0 Å². The van der Waals surface area contributed by atoms with Gasteiger partial charge in [-0.15, -0.1) is 0 Å². The number of nitrogens with one attached hydrogen (secondary N) is 1. The number of anilines is 1. The third-order valence-corrected chi connectivity index (χ3v) is 6.05. The highest BCUT2D eigenvalue weighted by molar-refractivity contribution is 7.89. The van der Waals surface area contributed by atoms with Crippen molar-refractivity contribution < 1.29 is 8.42 Å². The topological polar surface area (TPSA) is 62.3 Å². The summed E-state index contributed by atoms with van der Waals surface area (Å²) in [6, 6.07) is 3.72. The Balaban J connectivity index is 2.02. The zero-order valence-electron chi connectivity index (χ0n) is 13.0. The molecule has 1 heterocycles. The van der Waals surface area contributed by atoms with Crippen LogP contribution in [0.5, 0.6) is 0 Å². The standard InChI is InChI=1S/C15H25N3O2S/c1-12(13-7-5-4-6-8-13)17-15-10-9-14(11-16-15)21(19,20)18(2)3/h9-13H,4-8H2,1-3H3,(H,16,17). The van der Waals surface area contributed by atoms with E-state index in [-0.39, 0.29) is 4.90 Å². The highest BCUT2D eigenvalue weighted by Crippen LogP contribution is 2.27. The van der Waals surface area contributed by atoms with E-state index in [2.05, 4.69) is 17.2 Å². The molecule has 0 aromatic carbocycles. The van der Waals surface area contributed by atoms with Gasteiger partial charge in [0.05, 0.1) is 0 Å². The summed E-state index contributed by atoms with van der Waals surface area (Å²) >= 11 is 0. The summed E-state index contributed by atoms with van der Waals surface area (Å²) in [5.74, 6) is 1.43. The Morgan fingerprint density at radius 1 is 1.24 bits per heavy atom. The maximum atomic E-state index is 12.0. The molecule has 21 heavy (non-hydrogen) atoms. The van der Waals surface area contributed by atoms with E-state index >= 15 is 0 Å². The maximum absolute atomic E-state index is 12.0. The minimum atomic E-state index is -3.40. The molecule has 1 atom stereocenters. The minimum Gasteiger partial charge on any atom is -0.367 e. The second-order valence-corrected chi connectivity index (χ2v) is 8.15. The van der Waals surface area contributed by atoms with Crippen LogP contribution in [0.25, 0.3) is 0 Å². The number of hydrogen-bond donors (Lipinski definition) is 1. The van der Waals surface area contributed by atoms with Crippen LogP contribution in [-0.2, 0) is 10.0 Å². The lowest BCUT2D eigenvalue weighted by molar-refractivity contribution is 0.328. The van der Waals surface area contributed by atoms with Gasteiger partial charge in [-0.1, -0.05) is 19.3 Å². The van der Waals surface area contributed by atoms with E-state index in [1.807, 2.05) is 0 Å². The third-order valence-electron chi connectivity index (χ3n) is 4.25. The van der Waals surface area contributed by atoms with Crippen LogP contribution in [0.15, 0.2) is 23.2 Å². The van der Waals surface area contributed by atoms with Gasteiger partial charge >= 0.3 is 0 Å². The average Bonchev–Trinajstić information content (AvgIpc) is 2.48. The molecule has 0 aliphatic heterocycles. The van der Waals surface area contributed by atoms with Crippen molar-refractivity contribution in [3.63, 3.8) is 0 Å². The second kappa shape index (κ2) is 6.75. The SMILES string of the molecule is CC(Nc1ccc(S(=O)(=O)N(C)C)cn1)C1CCCCC1. The monoisotopic (exact) mass is 311 g/mol. The fourth-order valence-electron chi connectivity index (χ4n) is 2.81. The Kier molecular flexibility index (Phi) is 5.22. The maximum Gasteiger partial charge on any atom is 0.244 e. The summed E-state index contributed by atoms with van der Waals surface area (Å²) in [6.07, 6.45) is 7.92. The molecule has 1 saturated carbocycles. The Morgan fingerprint density at radius 2 is 1.90 bits per heavy atom. The molecule has 0 bridgehead atoms. The summed E-state index contributed by atoms with van der Waals surface area (Å²) in [5, 5.41) is 3.40. The lowest BCUT2D eigenvalue weighted by Gasteiger charge is -2.28. The Labute approximate surface area is 127 Å². The average molecular weight is 311 g/mol. The minimum absolute atomic E-state index is 0.225. The second-order valence-electron chi connectivity index (χ2n) is 6.00. The van der Waals surface area contributed by atoms with Crippen molar-refractivity contribution in [1.29, 1.82) is 0 Å². The van der Waals surface area contributed by atoms with Gasteiger partial charge < -0.3 is 5.32 Å². The molecule has 1 aliphatic carbocycles. The molecule has 2 rings (SSSR count). The van der Waals surface area contributed by atoms with Crippen molar-refractivity contribution in [3.8, 4) is 0 Å². The van der Waals surface area contributed by atoms with Crippen LogP contribution in [0, 0.1) is 5.92 Å². The molecular formula is C15H25N3O2S. The summed E-state index contributed by atoms with van der Waals surface area (Å²) < 4.78 is 25.2. The largest absolute Gasteiger partial charge is 0.367 e. The van der Waals surface area contributed by atoms with Crippen LogP contribution in [0.2, 0.25) is 0 Å². The van der Waals surface area contributed by atoms with E-state index < -0.39 is 10.0 Å². The zero-order chi connectivity index (χ0) is 15.5. The molecule has 0 radical (unpaired) electrons. The molecular weight excluding hydrogens is 286 g/mol. The van der Waals surface area contributed by atoms with E-state index in [0.29, 0.717) is 12.0 Å². The van der Waals surface area contributed by atoms with E-state index in [9.17, 15) is 8.42 Å². The van der Waals surface area contributed by atoms with Gasteiger partial charge in [0, 0.05) is 26.3 Å². The molecule has 1 aromatic heterocycles. The quantitative estimate of drug-likeness (QED) is 0.908. The van der Waals surface area contributed by atoms with Gasteiger partial charge in [-0.25, -0.2) is 17.7 Å². The smallest absolute Gasteiger partial charge is 0.244 e. The van der Waals surface area contributed by atoms with Gasteiger partial charge in [0.2, 0.25) is 10.0 Å². The predicted octanol–water partition coefficient (Wildman–Crippen LogP) is 2.71. The Morgan fingerprint density at radius 3 is 2.43 bits per heavy atom. The van der Waals surface area contributed by atoms with Crippen LogP contribution in [0.1, 0.15) is 39.0 Å². The molecule has 1 fully saturated rings. The van der Waals surface area contributed by atoms with Crippen molar-refractivity contribution in [2.24, 2.45) is 5.92 Å². The van der Waals surface area contributed by atoms with Crippen molar-refractivity contribution in [1.82, 2.24) is 9.29 Å². The summed E-state index contributed by atoms with van der Waals surface area (Å²) in [5.41, 5.74) is 0. The first-order valence-corrected chi connectivity index (χ1v) is 9.00. The fourth-order valence-corrected chi connectivity index (χ4v) is 3.66. The first-order valence-electron chi connectivity index (χ1n) is 7.56. The lowest BCUT2D eigenvalue weighted by Crippen LogP contribution is -2.28. The molecule has 0 amide bonds.